The molecule has 0 atom stereocenters. The summed E-state index contributed by atoms with van der Waals surface area (Å²) < 4.78 is 10.7. The van der Waals surface area contributed by atoms with Crippen LogP contribution in [0.1, 0.15) is 28.8 Å². The summed E-state index contributed by atoms with van der Waals surface area (Å²) in [6.45, 7) is 4.03. The van der Waals surface area contributed by atoms with Gasteiger partial charge in [0.25, 0.3) is 11.8 Å². The van der Waals surface area contributed by atoms with Crippen molar-refractivity contribution >= 4 is 28.9 Å². The van der Waals surface area contributed by atoms with Crippen LogP contribution in [0.4, 0.5) is 17.1 Å². The minimum absolute atomic E-state index is 0.148. The van der Waals surface area contributed by atoms with Crippen molar-refractivity contribution in [2.45, 2.75) is 19.8 Å². The summed E-state index contributed by atoms with van der Waals surface area (Å²) in [5.41, 5.74) is 4.16. The summed E-state index contributed by atoms with van der Waals surface area (Å²) >= 11 is 0. The number of hydrogen-bond donors (Lipinski definition) is 2. The molecule has 0 radical (unpaired) electrons. The van der Waals surface area contributed by atoms with Gasteiger partial charge in [0.2, 0.25) is 0 Å². The van der Waals surface area contributed by atoms with Gasteiger partial charge in [-0.2, -0.15) is 0 Å². The van der Waals surface area contributed by atoms with Crippen molar-refractivity contribution in [3.05, 3.63) is 77.9 Å². The lowest BCUT2D eigenvalue weighted by molar-refractivity contribution is -0.118. The van der Waals surface area contributed by atoms with Gasteiger partial charge < -0.3 is 25.0 Å². The molecule has 176 valence electrons. The molecular weight excluding hydrogens is 430 g/mol. The van der Waals surface area contributed by atoms with Gasteiger partial charge in [0, 0.05) is 41.8 Å². The minimum atomic E-state index is -0.289. The maximum atomic E-state index is 12.7. The predicted octanol–water partition coefficient (Wildman–Crippen LogP) is 4.87. The Bertz CT molecular complexity index is 1150. The second kappa shape index (κ2) is 10.7. The van der Waals surface area contributed by atoms with Crippen LogP contribution in [0.25, 0.3) is 0 Å². The van der Waals surface area contributed by atoms with E-state index < -0.39 is 0 Å². The summed E-state index contributed by atoms with van der Waals surface area (Å²) in [6.07, 6.45) is 2.45. The molecular formula is C27H29N3O4. The molecule has 34 heavy (non-hydrogen) atoms. The van der Waals surface area contributed by atoms with Gasteiger partial charge in [0.1, 0.15) is 11.5 Å². The van der Waals surface area contributed by atoms with E-state index >= 15 is 0 Å². The number of carbonyl (C=O) groups excluding carboxylic acids is 2. The predicted molar refractivity (Wildman–Crippen MR) is 134 cm³/mol. The number of methoxy groups -OCH3 is 1. The van der Waals surface area contributed by atoms with E-state index in [0.717, 1.165) is 24.3 Å². The minimum Gasteiger partial charge on any atom is -0.497 e. The van der Waals surface area contributed by atoms with Crippen LogP contribution in [-0.4, -0.2) is 38.6 Å². The molecule has 3 aromatic rings. The molecule has 2 N–H and O–H groups in total. The van der Waals surface area contributed by atoms with Crippen LogP contribution in [0.2, 0.25) is 0 Å². The van der Waals surface area contributed by atoms with Crippen molar-refractivity contribution in [2.75, 3.05) is 42.3 Å². The fraction of sp³-hybridized carbons (Fsp3) is 0.259. The normalized spacial score (nSPS) is 12.8. The Kier molecular flexibility index (Phi) is 7.32. The molecule has 1 heterocycles. The first-order chi connectivity index (χ1) is 16.5. The fourth-order valence-electron chi connectivity index (χ4n) is 3.90. The zero-order valence-corrected chi connectivity index (χ0v) is 19.5. The molecule has 0 spiro atoms. The van der Waals surface area contributed by atoms with E-state index in [1.54, 1.807) is 55.6 Å². The third-order valence-electron chi connectivity index (χ3n) is 5.77. The quantitative estimate of drug-likeness (QED) is 0.502. The van der Waals surface area contributed by atoms with Crippen LogP contribution >= 0.6 is 0 Å². The van der Waals surface area contributed by atoms with Crippen molar-refractivity contribution < 1.29 is 19.1 Å². The van der Waals surface area contributed by atoms with Crippen LogP contribution < -0.4 is 25.0 Å². The van der Waals surface area contributed by atoms with Gasteiger partial charge in [0.15, 0.2) is 6.61 Å². The van der Waals surface area contributed by atoms with Gasteiger partial charge in [-0.15, -0.1) is 0 Å². The van der Waals surface area contributed by atoms with Gasteiger partial charge in [-0.3, -0.25) is 9.59 Å². The van der Waals surface area contributed by atoms with Crippen LogP contribution in [-0.2, 0) is 4.79 Å². The smallest absolute Gasteiger partial charge is 0.262 e. The Morgan fingerprint density at radius 3 is 2.38 bits per heavy atom. The average molecular weight is 460 g/mol. The van der Waals surface area contributed by atoms with E-state index in [4.69, 9.17) is 9.47 Å². The highest BCUT2D eigenvalue weighted by molar-refractivity contribution is 6.04. The monoisotopic (exact) mass is 459 g/mol. The highest BCUT2D eigenvalue weighted by atomic mass is 16.5. The number of rotatable bonds is 8. The van der Waals surface area contributed by atoms with Crippen LogP contribution in [0, 0.1) is 6.92 Å². The van der Waals surface area contributed by atoms with Gasteiger partial charge in [-0.1, -0.05) is 6.07 Å². The molecule has 0 aromatic heterocycles. The van der Waals surface area contributed by atoms with E-state index in [0.29, 0.717) is 22.7 Å². The number of amides is 2. The van der Waals surface area contributed by atoms with Gasteiger partial charge in [-0.05, 0) is 79.9 Å². The van der Waals surface area contributed by atoms with Crippen molar-refractivity contribution in [3.8, 4) is 11.5 Å². The first-order valence-corrected chi connectivity index (χ1v) is 11.4. The first-order valence-electron chi connectivity index (χ1n) is 11.4. The number of carbonyl (C=O) groups is 2. The molecule has 0 aliphatic carbocycles. The maximum Gasteiger partial charge on any atom is 0.262 e. The van der Waals surface area contributed by atoms with Crippen LogP contribution in [0.15, 0.2) is 66.7 Å². The first kappa shape index (κ1) is 23.2. The third kappa shape index (κ3) is 5.86. The number of hydrogen-bond acceptors (Lipinski definition) is 5. The number of ether oxygens (including phenoxy) is 2. The van der Waals surface area contributed by atoms with E-state index in [1.807, 2.05) is 13.0 Å². The zero-order chi connectivity index (χ0) is 23.9. The summed E-state index contributed by atoms with van der Waals surface area (Å²) in [6, 6.07) is 19.9. The molecule has 0 unspecified atom stereocenters. The molecule has 1 fully saturated rings. The Labute approximate surface area is 199 Å². The second-order valence-electron chi connectivity index (χ2n) is 8.24. The van der Waals surface area contributed by atoms with Gasteiger partial charge >= 0.3 is 0 Å². The number of aryl methyl sites for hydroxylation is 1. The van der Waals surface area contributed by atoms with Crippen LogP contribution in [0.5, 0.6) is 11.5 Å². The molecule has 2 amide bonds. The number of nitrogens with one attached hydrogen (secondary N) is 2. The number of nitrogens with zero attached hydrogens (tertiary/aromatic N) is 1. The van der Waals surface area contributed by atoms with Crippen molar-refractivity contribution in [1.82, 2.24) is 0 Å². The third-order valence-corrected chi connectivity index (χ3v) is 5.77. The van der Waals surface area contributed by atoms with Crippen LogP contribution in [0.3, 0.4) is 0 Å². The summed E-state index contributed by atoms with van der Waals surface area (Å²) in [4.78, 5) is 27.2. The molecule has 0 bridgehead atoms. The standard InChI is InChI=1S/C27H29N3O4/c1-19-16-22(30-14-3-4-15-30)10-13-25(19)29-27(32)20-8-11-23(12-9-20)34-18-26(31)28-21-6-5-7-24(17-21)33-2/h5-13,16-17H,3-4,14-15,18H2,1-2H3,(H,28,31)(H,29,32). The van der Waals surface area contributed by atoms with Crippen molar-refractivity contribution in [3.63, 3.8) is 0 Å². The molecule has 0 saturated carbocycles. The largest absolute Gasteiger partial charge is 0.497 e. The van der Waals surface area contributed by atoms with Gasteiger partial charge in [-0.25, -0.2) is 0 Å². The summed E-state index contributed by atoms with van der Waals surface area (Å²) in [5.74, 6) is 0.677. The summed E-state index contributed by atoms with van der Waals surface area (Å²) in [7, 11) is 1.57. The summed E-state index contributed by atoms with van der Waals surface area (Å²) in [5, 5.41) is 5.74. The average Bonchev–Trinajstić information content (AvgIpc) is 3.39. The fourth-order valence-corrected chi connectivity index (χ4v) is 3.90. The Balaban J connectivity index is 1.29. The van der Waals surface area contributed by atoms with Crippen molar-refractivity contribution in [2.24, 2.45) is 0 Å². The van der Waals surface area contributed by atoms with Gasteiger partial charge in [0.05, 0.1) is 7.11 Å². The Morgan fingerprint density at radius 2 is 1.68 bits per heavy atom. The molecule has 7 nitrogen and oxygen atoms in total. The maximum absolute atomic E-state index is 12.7. The molecule has 4 rings (SSSR count). The van der Waals surface area contributed by atoms with E-state index in [9.17, 15) is 9.59 Å². The molecule has 3 aromatic carbocycles. The van der Waals surface area contributed by atoms with E-state index in [-0.39, 0.29) is 18.4 Å². The lowest BCUT2D eigenvalue weighted by Crippen LogP contribution is -2.20. The molecule has 7 heteroatoms. The highest BCUT2D eigenvalue weighted by Gasteiger charge is 2.14. The molecule has 1 saturated heterocycles. The SMILES string of the molecule is COc1cccc(NC(=O)COc2ccc(C(=O)Nc3ccc(N4CCCC4)cc3C)cc2)c1. The van der Waals surface area contributed by atoms with E-state index in [2.05, 4.69) is 27.7 Å². The highest BCUT2D eigenvalue weighted by Crippen LogP contribution is 2.26. The number of benzene rings is 3. The Morgan fingerprint density at radius 1 is 0.912 bits per heavy atom. The number of anilines is 3. The Hall–Kier alpha value is -4.00. The lowest BCUT2D eigenvalue weighted by Gasteiger charge is -2.19. The molecule has 1 aliphatic rings. The zero-order valence-electron chi connectivity index (χ0n) is 19.5. The topological polar surface area (TPSA) is 79.9 Å². The van der Waals surface area contributed by atoms with Crippen molar-refractivity contribution in [1.29, 1.82) is 0 Å². The molecule has 1 aliphatic heterocycles. The lowest BCUT2D eigenvalue weighted by atomic mass is 10.1. The van der Waals surface area contributed by atoms with E-state index in [1.165, 1.54) is 18.5 Å². The second-order valence-corrected chi connectivity index (χ2v) is 8.24.